The Balaban J connectivity index is 0.000000204. The summed E-state index contributed by atoms with van der Waals surface area (Å²) in [4.78, 5) is 30.9. The molecule has 0 aliphatic heterocycles. The molecular weight excluding hydrogens is 1080 g/mol. The van der Waals surface area contributed by atoms with E-state index in [1.54, 1.807) is 42.7 Å². The molecule has 0 saturated heterocycles. The quantitative estimate of drug-likeness (QED) is 0.0218. The molecule has 2 aliphatic rings. The van der Waals surface area contributed by atoms with E-state index in [1.807, 2.05) is 18.2 Å². The van der Waals surface area contributed by atoms with Crippen molar-refractivity contribution in [1.82, 2.24) is 46.0 Å². The van der Waals surface area contributed by atoms with Crippen LogP contribution in [-0.4, -0.2) is 75.9 Å². The molecule has 9 rings (SSSR count). The van der Waals surface area contributed by atoms with E-state index in [4.69, 9.17) is 35.4 Å². The molecule has 2 saturated carbocycles. The van der Waals surface area contributed by atoms with E-state index in [1.165, 1.54) is 12.1 Å². The molecule has 2 aliphatic carbocycles. The van der Waals surface area contributed by atoms with Gasteiger partial charge in [0.2, 0.25) is 11.8 Å². The molecule has 0 spiro atoms. The Morgan fingerprint density at radius 2 is 1.10 bits per heavy atom. The SMILES string of the molecule is NNC(=O)C1(Cc2cccc(Nc3ccn[nH]3)n2)CCC(Oc2cccc(C(F)(F)F)c2F)CC1.Nc1nnc(C2(Cc3cccc(Nc4ccn[nH]4)n3)CCC(Oc3cccc(C(F)(F)F)c3F)CC2)o1.O=C(O)C(F)(F)F. The molecule has 0 radical (unpaired) electrons. The van der Waals surface area contributed by atoms with Crippen LogP contribution in [0.1, 0.15) is 79.8 Å². The topological polar surface area (TPSA) is 283 Å². The minimum Gasteiger partial charge on any atom is -0.487 e. The lowest BCUT2D eigenvalue weighted by Gasteiger charge is -2.38. The van der Waals surface area contributed by atoms with Crippen LogP contribution in [0.2, 0.25) is 0 Å². The van der Waals surface area contributed by atoms with Crippen molar-refractivity contribution in [2.75, 3.05) is 16.4 Å². The number of anilines is 5. The van der Waals surface area contributed by atoms with E-state index in [2.05, 4.69) is 56.6 Å². The van der Waals surface area contributed by atoms with Crippen LogP contribution in [0.25, 0.3) is 0 Å². The first kappa shape index (κ1) is 58.1. The molecule has 7 aromatic rings. The molecule has 1 amide bonds. The van der Waals surface area contributed by atoms with Gasteiger partial charge in [0.05, 0.1) is 46.6 Å². The summed E-state index contributed by atoms with van der Waals surface area (Å²) < 4.78 is 156. The number of rotatable bonds is 14. The number of ether oxygens (including phenoxy) is 2. The predicted molar refractivity (Wildman–Crippen MR) is 257 cm³/mol. The number of aromatic amines is 2. The molecule has 2 aromatic carbocycles. The van der Waals surface area contributed by atoms with Crippen molar-refractivity contribution in [3.63, 3.8) is 0 Å². The number of nitrogens with one attached hydrogen (secondary N) is 5. The number of nitrogens with zero attached hydrogens (tertiary/aromatic N) is 6. The zero-order chi connectivity index (χ0) is 57.2. The smallest absolute Gasteiger partial charge is 0.487 e. The third-order valence-corrected chi connectivity index (χ3v) is 12.8. The van der Waals surface area contributed by atoms with Crippen LogP contribution in [0.15, 0.2) is 102 Å². The number of aliphatic carboxylic acids is 1. The van der Waals surface area contributed by atoms with Crippen molar-refractivity contribution in [1.29, 1.82) is 0 Å². The predicted octanol–water partition coefficient (Wildman–Crippen LogP) is 10.1. The number of alkyl halides is 9. The van der Waals surface area contributed by atoms with Gasteiger partial charge in [-0.2, -0.15) is 49.7 Å². The lowest BCUT2D eigenvalue weighted by atomic mass is 9.69. The highest BCUT2D eigenvalue weighted by Gasteiger charge is 2.45. The van der Waals surface area contributed by atoms with Crippen LogP contribution in [-0.2, 0) is 40.2 Å². The molecule has 10 N–H and O–H groups in total. The van der Waals surface area contributed by atoms with E-state index in [0.717, 1.165) is 17.8 Å². The number of carbonyl (C=O) groups excluding carboxylic acids is 1. The van der Waals surface area contributed by atoms with E-state index in [9.17, 15) is 53.1 Å². The average Bonchev–Trinajstić information content (AvgIpc) is 4.25. The Kier molecular flexibility index (Phi) is 18.0. The van der Waals surface area contributed by atoms with Gasteiger partial charge in [-0.3, -0.25) is 20.4 Å². The molecule has 5 aromatic heterocycles. The summed E-state index contributed by atoms with van der Waals surface area (Å²) in [6.07, 6.45) is -8.67. The summed E-state index contributed by atoms with van der Waals surface area (Å²) >= 11 is 0. The number of amides is 1. The summed E-state index contributed by atoms with van der Waals surface area (Å²) in [5, 5.41) is 34.6. The monoisotopic (exact) mass is 1120 g/mol. The number of hydrogen-bond acceptors (Lipinski definition) is 15. The standard InChI is InChI=1S/C24H23F4N7O2.C23H24F4N6O2.C2HF3O2/c25-20-16(24(26,27)28)4-2-5-17(20)36-15-7-10-23(11-8-15,21-34-35-22(29)37-21)13-14-3-1-6-18(31-14)32-19-9-12-30-33-19;24-20-16(23(25,26)27)4-2-5-17(20)35-15-7-10-22(11-8-15,21(34)32-28)13-14-3-1-6-18(30-14)31-19-9-12-29-33-19;3-2(4,5)1(6)7/h1-6,9,12,15H,7-8,10-11,13H2,(H2,29,35)(H2,30,31,32,33);1-6,9,12,15H,7-8,10-11,13,28H2,(H,32,34)(H2,29,30,31,33);(H,6,7). The number of hydrazine groups is 1. The maximum absolute atomic E-state index is 14.5. The Bertz CT molecular complexity index is 3120. The third-order valence-electron chi connectivity index (χ3n) is 12.8. The maximum atomic E-state index is 14.5. The Morgan fingerprint density at radius 3 is 1.49 bits per heavy atom. The van der Waals surface area contributed by atoms with Gasteiger partial charge in [0.15, 0.2) is 23.1 Å². The van der Waals surface area contributed by atoms with Crippen LogP contribution in [0, 0.1) is 17.0 Å². The number of nitrogens with two attached hydrogens (primary N) is 2. The fourth-order valence-electron chi connectivity index (χ4n) is 8.99. The largest absolute Gasteiger partial charge is 0.490 e. The maximum Gasteiger partial charge on any atom is 0.490 e. The second-order valence-corrected chi connectivity index (χ2v) is 18.2. The number of carbonyl (C=O) groups is 2. The number of aromatic nitrogens is 8. The van der Waals surface area contributed by atoms with Crippen LogP contribution in [0.3, 0.4) is 0 Å². The molecule has 422 valence electrons. The highest BCUT2D eigenvalue weighted by Crippen LogP contribution is 2.45. The first-order valence-electron chi connectivity index (χ1n) is 23.8. The van der Waals surface area contributed by atoms with E-state index in [-0.39, 0.29) is 11.9 Å². The number of halogens is 11. The van der Waals surface area contributed by atoms with Gasteiger partial charge in [0.1, 0.15) is 23.3 Å². The van der Waals surface area contributed by atoms with Crippen molar-refractivity contribution >= 4 is 41.2 Å². The highest BCUT2D eigenvalue weighted by atomic mass is 19.4. The number of H-pyrrole nitrogens is 2. The number of hydrogen-bond donors (Lipinski definition) is 8. The number of carboxylic acids is 1. The molecular formula is C49H48F11N13O6. The Morgan fingerprint density at radius 1 is 0.658 bits per heavy atom. The molecule has 79 heavy (non-hydrogen) atoms. The highest BCUT2D eigenvalue weighted by molar-refractivity contribution is 5.82. The summed E-state index contributed by atoms with van der Waals surface area (Å²) in [6.45, 7) is 0. The van der Waals surface area contributed by atoms with Crippen molar-refractivity contribution in [3.8, 4) is 11.5 Å². The van der Waals surface area contributed by atoms with E-state index in [0.29, 0.717) is 111 Å². The lowest BCUT2D eigenvalue weighted by molar-refractivity contribution is -0.192. The Hall–Kier alpha value is -8.57. The van der Waals surface area contributed by atoms with Gasteiger partial charge in [-0.05, 0) is 99.9 Å². The lowest BCUT2D eigenvalue weighted by Crippen LogP contribution is -2.48. The molecule has 0 unspecified atom stereocenters. The summed E-state index contributed by atoms with van der Waals surface area (Å²) in [7, 11) is 0. The molecule has 2 fully saturated rings. The van der Waals surface area contributed by atoms with Gasteiger partial charge >= 0.3 is 30.5 Å². The Labute approximate surface area is 440 Å². The van der Waals surface area contributed by atoms with Gasteiger partial charge in [-0.1, -0.05) is 29.4 Å². The molecule has 30 heteroatoms. The number of pyridine rings is 2. The minimum absolute atomic E-state index is 0.0681. The third kappa shape index (κ3) is 15.1. The van der Waals surface area contributed by atoms with E-state index < -0.39 is 81.8 Å². The second kappa shape index (κ2) is 24.4. The van der Waals surface area contributed by atoms with Crippen LogP contribution in [0.5, 0.6) is 11.5 Å². The van der Waals surface area contributed by atoms with Gasteiger partial charge in [0, 0.05) is 36.4 Å². The van der Waals surface area contributed by atoms with Crippen molar-refractivity contribution in [3.05, 3.63) is 137 Å². The molecule has 19 nitrogen and oxygen atoms in total. The normalized spacial score (nSPS) is 19.4. The summed E-state index contributed by atoms with van der Waals surface area (Å²) in [5.41, 5.74) is 5.08. The van der Waals surface area contributed by atoms with Crippen molar-refractivity contribution in [2.45, 2.75) is 100 Å². The number of nitrogen functional groups attached to an aromatic ring is 1. The van der Waals surface area contributed by atoms with Crippen LogP contribution >= 0.6 is 0 Å². The molecule has 0 bridgehead atoms. The van der Waals surface area contributed by atoms with Gasteiger partial charge in [0.25, 0.3) is 0 Å². The zero-order valence-corrected chi connectivity index (χ0v) is 40.9. The minimum atomic E-state index is -5.08. The van der Waals surface area contributed by atoms with Gasteiger partial charge < -0.3 is 35.4 Å². The number of carboxylic acid groups (broad SMARTS) is 1. The summed E-state index contributed by atoms with van der Waals surface area (Å²) in [5.74, 6) is 1.47. The molecule has 0 atom stereocenters. The second-order valence-electron chi connectivity index (χ2n) is 18.2. The van der Waals surface area contributed by atoms with Crippen LogP contribution in [0.4, 0.5) is 77.6 Å². The summed E-state index contributed by atoms with van der Waals surface area (Å²) in [6, 6.07) is 20.3. The first-order chi connectivity index (χ1) is 37.4. The molecule has 5 heterocycles. The van der Waals surface area contributed by atoms with Crippen molar-refractivity contribution in [2.24, 2.45) is 11.3 Å². The average molecular weight is 1120 g/mol. The fraction of sp³-hybridized carbons (Fsp3) is 0.347. The number of benzene rings is 2. The van der Waals surface area contributed by atoms with Crippen molar-refractivity contribution < 1.29 is 76.9 Å². The fourth-order valence-corrected chi connectivity index (χ4v) is 8.99. The first-order valence-corrected chi connectivity index (χ1v) is 23.8. The van der Waals surface area contributed by atoms with E-state index >= 15 is 0 Å². The zero-order valence-electron chi connectivity index (χ0n) is 40.9. The van der Waals surface area contributed by atoms with Gasteiger partial charge in [-0.25, -0.2) is 29.4 Å². The van der Waals surface area contributed by atoms with Gasteiger partial charge in [-0.15, -0.1) is 5.10 Å². The van der Waals surface area contributed by atoms with Crippen LogP contribution < -0.4 is 37.1 Å².